The molecule has 5 nitrogen and oxygen atoms in total. The summed E-state index contributed by atoms with van der Waals surface area (Å²) in [6, 6.07) is 6.91. The number of methoxy groups -OCH3 is 1. The van der Waals surface area contributed by atoms with E-state index in [1.54, 1.807) is 31.2 Å². The van der Waals surface area contributed by atoms with E-state index in [0.717, 1.165) is 36.1 Å². The van der Waals surface area contributed by atoms with Gasteiger partial charge in [-0.25, -0.2) is 4.79 Å². The second kappa shape index (κ2) is 9.61. The molecule has 2 aromatic rings. The minimum Gasteiger partial charge on any atom is -0.481 e. The van der Waals surface area contributed by atoms with E-state index in [-0.39, 0.29) is 11.3 Å². The summed E-state index contributed by atoms with van der Waals surface area (Å²) in [5, 5.41) is 3.98. The summed E-state index contributed by atoms with van der Waals surface area (Å²) in [6.07, 6.45) is 3.10. The van der Waals surface area contributed by atoms with Crippen molar-refractivity contribution < 1.29 is 19.1 Å². The number of ether oxygens (including phenoxy) is 2. The minimum atomic E-state index is -0.755. The molecule has 0 radical (unpaired) electrons. The molecule has 2 unspecified atom stereocenters. The number of halogens is 1. The van der Waals surface area contributed by atoms with E-state index in [2.05, 4.69) is 26.1 Å². The Morgan fingerprint density at radius 1 is 1.35 bits per heavy atom. The number of rotatable bonds is 7. The number of benzene rings is 1. The van der Waals surface area contributed by atoms with Crippen molar-refractivity contribution in [1.82, 2.24) is 0 Å². The first-order valence-electron chi connectivity index (χ1n) is 10.6. The zero-order chi connectivity index (χ0) is 22.8. The van der Waals surface area contributed by atoms with Gasteiger partial charge in [0, 0.05) is 9.90 Å². The van der Waals surface area contributed by atoms with E-state index in [0.29, 0.717) is 27.3 Å². The van der Waals surface area contributed by atoms with E-state index < -0.39 is 12.1 Å². The summed E-state index contributed by atoms with van der Waals surface area (Å²) in [6.45, 7) is 8.49. The Morgan fingerprint density at radius 2 is 2.10 bits per heavy atom. The summed E-state index contributed by atoms with van der Waals surface area (Å²) >= 11 is 7.47. The van der Waals surface area contributed by atoms with Crippen molar-refractivity contribution in [3.63, 3.8) is 0 Å². The van der Waals surface area contributed by atoms with Crippen LogP contribution in [0.4, 0.5) is 5.00 Å². The molecule has 168 valence electrons. The van der Waals surface area contributed by atoms with E-state index in [1.807, 2.05) is 0 Å². The number of anilines is 1. The van der Waals surface area contributed by atoms with Crippen molar-refractivity contribution in [2.45, 2.75) is 59.5 Å². The number of carbonyl (C=O) groups is 2. The molecule has 1 aromatic heterocycles. The van der Waals surface area contributed by atoms with Crippen LogP contribution in [0.2, 0.25) is 5.02 Å². The van der Waals surface area contributed by atoms with Crippen molar-refractivity contribution in [1.29, 1.82) is 0 Å². The number of thiophene rings is 1. The molecule has 1 aromatic carbocycles. The van der Waals surface area contributed by atoms with Crippen LogP contribution >= 0.6 is 22.9 Å². The van der Waals surface area contributed by atoms with Crippen molar-refractivity contribution in [2.75, 3.05) is 12.4 Å². The van der Waals surface area contributed by atoms with Crippen molar-refractivity contribution in [3.05, 3.63) is 45.3 Å². The first-order valence-corrected chi connectivity index (χ1v) is 11.8. The molecule has 3 rings (SSSR count). The number of hydrogen-bond donors (Lipinski definition) is 1. The number of carbonyl (C=O) groups excluding carboxylic acids is 2. The predicted molar refractivity (Wildman–Crippen MR) is 125 cm³/mol. The van der Waals surface area contributed by atoms with Crippen LogP contribution in [-0.4, -0.2) is 25.1 Å². The van der Waals surface area contributed by atoms with Gasteiger partial charge in [-0.2, -0.15) is 0 Å². The summed E-state index contributed by atoms with van der Waals surface area (Å²) in [4.78, 5) is 26.6. The van der Waals surface area contributed by atoms with Gasteiger partial charge in [-0.05, 0) is 61.3 Å². The molecule has 0 bridgehead atoms. The summed E-state index contributed by atoms with van der Waals surface area (Å²) < 4.78 is 10.8. The fourth-order valence-electron chi connectivity index (χ4n) is 3.96. The first kappa shape index (κ1) is 23.6. The Bertz CT molecular complexity index is 968. The SMILES string of the molecule is CCC(C)(C)C1CCc2c(sc(NC(=O)C(C)Oc3cccc(Cl)c3)c2C(=O)OC)C1. The molecule has 0 saturated heterocycles. The highest BCUT2D eigenvalue weighted by Gasteiger charge is 2.36. The Balaban J connectivity index is 1.82. The maximum Gasteiger partial charge on any atom is 0.341 e. The Labute approximate surface area is 193 Å². The predicted octanol–water partition coefficient (Wildman–Crippen LogP) is 6.14. The van der Waals surface area contributed by atoms with Crippen LogP contribution < -0.4 is 10.1 Å². The molecule has 0 fully saturated rings. The topological polar surface area (TPSA) is 64.6 Å². The second-order valence-electron chi connectivity index (χ2n) is 8.69. The molecule has 2 atom stereocenters. The molecule has 31 heavy (non-hydrogen) atoms. The number of nitrogens with one attached hydrogen (secondary N) is 1. The molecular formula is C24H30ClNO4S. The van der Waals surface area contributed by atoms with Crippen LogP contribution in [0.1, 0.15) is 61.3 Å². The summed E-state index contributed by atoms with van der Waals surface area (Å²) in [5.74, 6) is 0.319. The van der Waals surface area contributed by atoms with Gasteiger partial charge in [-0.1, -0.05) is 44.9 Å². The van der Waals surface area contributed by atoms with Crippen LogP contribution in [-0.2, 0) is 22.4 Å². The van der Waals surface area contributed by atoms with E-state index in [1.165, 1.54) is 18.4 Å². The zero-order valence-electron chi connectivity index (χ0n) is 18.7. The van der Waals surface area contributed by atoms with Crippen LogP contribution in [0.15, 0.2) is 24.3 Å². The smallest absolute Gasteiger partial charge is 0.341 e. The van der Waals surface area contributed by atoms with Gasteiger partial charge >= 0.3 is 5.97 Å². The van der Waals surface area contributed by atoms with Gasteiger partial charge in [0.25, 0.3) is 5.91 Å². The van der Waals surface area contributed by atoms with Crippen molar-refractivity contribution in [3.8, 4) is 5.75 Å². The summed E-state index contributed by atoms with van der Waals surface area (Å²) in [7, 11) is 1.37. The largest absolute Gasteiger partial charge is 0.481 e. The normalized spacial score (nSPS) is 16.9. The number of amides is 1. The third-order valence-corrected chi connectivity index (χ3v) is 7.79. The lowest BCUT2D eigenvalue weighted by atomic mass is 9.69. The van der Waals surface area contributed by atoms with E-state index >= 15 is 0 Å². The molecule has 7 heteroatoms. The lowest BCUT2D eigenvalue weighted by Crippen LogP contribution is -2.30. The van der Waals surface area contributed by atoms with Crippen molar-refractivity contribution >= 4 is 39.8 Å². The molecule has 0 spiro atoms. The lowest BCUT2D eigenvalue weighted by Gasteiger charge is -2.36. The maximum atomic E-state index is 12.8. The highest BCUT2D eigenvalue weighted by Crippen LogP contribution is 2.45. The van der Waals surface area contributed by atoms with Gasteiger partial charge in [0.1, 0.15) is 10.8 Å². The van der Waals surface area contributed by atoms with Crippen LogP contribution in [0.5, 0.6) is 5.75 Å². The van der Waals surface area contributed by atoms with E-state index in [9.17, 15) is 9.59 Å². The standard InChI is InChI=1S/C24H30ClNO4S/c1-6-24(3,4)15-10-11-18-19(12-15)31-22(20(18)23(28)29-5)26-21(27)14(2)30-17-9-7-8-16(25)13-17/h7-9,13-15H,6,10-12H2,1-5H3,(H,26,27). The molecule has 0 aliphatic heterocycles. The fraction of sp³-hybridized carbons (Fsp3) is 0.500. The van der Waals surface area contributed by atoms with Crippen LogP contribution in [0.3, 0.4) is 0 Å². The highest BCUT2D eigenvalue weighted by molar-refractivity contribution is 7.17. The maximum absolute atomic E-state index is 12.8. The number of esters is 1. The third kappa shape index (κ3) is 5.24. The molecule has 1 heterocycles. The number of hydrogen-bond acceptors (Lipinski definition) is 5. The van der Waals surface area contributed by atoms with Gasteiger partial charge in [0.15, 0.2) is 6.10 Å². The Kier molecular flexibility index (Phi) is 7.32. The molecule has 0 saturated carbocycles. The fourth-order valence-corrected chi connectivity index (χ4v) is 5.46. The average molecular weight is 464 g/mol. The Hall–Kier alpha value is -2.05. The molecule has 1 N–H and O–H groups in total. The quantitative estimate of drug-likeness (QED) is 0.501. The third-order valence-electron chi connectivity index (χ3n) is 6.39. The molecule has 1 amide bonds. The van der Waals surface area contributed by atoms with Gasteiger partial charge in [-0.3, -0.25) is 4.79 Å². The van der Waals surface area contributed by atoms with Gasteiger partial charge in [-0.15, -0.1) is 11.3 Å². The lowest BCUT2D eigenvalue weighted by molar-refractivity contribution is -0.122. The van der Waals surface area contributed by atoms with Gasteiger partial charge in [0.2, 0.25) is 0 Å². The van der Waals surface area contributed by atoms with Crippen LogP contribution in [0, 0.1) is 11.3 Å². The molecule has 1 aliphatic rings. The highest BCUT2D eigenvalue weighted by atomic mass is 35.5. The molecule has 1 aliphatic carbocycles. The zero-order valence-corrected chi connectivity index (χ0v) is 20.3. The second-order valence-corrected chi connectivity index (χ2v) is 10.2. The van der Waals surface area contributed by atoms with E-state index in [4.69, 9.17) is 21.1 Å². The monoisotopic (exact) mass is 463 g/mol. The average Bonchev–Trinajstić information content (AvgIpc) is 3.10. The molecular weight excluding hydrogens is 434 g/mol. The van der Waals surface area contributed by atoms with Gasteiger partial charge < -0.3 is 14.8 Å². The minimum absolute atomic E-state index is 0.232. The van der Waals surface area contributed by atoms with Crippen LogP contribution in [0.25, 0.3) is 0 Å². The Morgan fingerprint density at radius 3 is 2.74 bits per heavy atom. The number of fused-ring (bicyclic) bond motifs is 1. The first-order chi connectivity index (χ1) is 14.7. The summed E-state index contributed by atoms with van der Waals surface area (Å²) in [5.41, 5.74) is 1.73. The van der Waals surface area contributed by atoms with Gasteiger partial charge in [0.05, 0.1) is 12.7 Å². The van der Waals surface area contributed by atoms with Crippen molar-refractivity contribution in [2.24, 2.45) is 11.3 Å².